The van der Waals surface area contributed by atoms with Crippen LogP contribution in [-0.4, -0.2) is 20.1 Å². The Morgan fingerprint density at radius 2 is 2.10 bits per heavy atom. The predicted octanol–water partition coefficient (Wildman–Crippen LogP) is 5.82. The first-order chi connectivity index (χ1) is 14.6. The molecule has 1 aliphatic carbocycles. The normalized spacial score (nSPS) is 15.4. The lowest BCUT2D eigenvalue weighted by molar-refractivity contribution is 0.102. The van der Waals surface area contributed by atoms with E-state index in [1.54, 1.807) is 43.0 Å². The van der Waals surface area contributed by atoms with Crippen molar-refractivity contribution >= 4 is 39.3 Å². The van der Waals surface area contributed by atoms with Gasteiger partial charge in [0.1, 0.15) is 16.5 Å². The summed E-state index contributed by atoms with van der Waals surface area (Å²) in [5, 5.41) is 9.60. The second-order valence-electron chi connectivity index (χ2n) is 7.51. The number of rotatable bonds is 7. The van der Waals surface area contributed by atoms with Gasteiger partial charge in [0.25, 0.3) is 5.91 Å². The summed E-state index contributed by atoms with van der Waals surface area (Å²) in [6, 6.07) is 9.56. The first kappa shape index (κ1) is 20.8. The van der Waals surface area contributed by atoms with Crippen molar-refractivity contribution in [3.8, 4) is 11.5 Å². The first-order valence-corrected chi connectivity index (χ1v) is 11.7. The van der Waals surface area contributed by atoms with Crippen molar-refractivity contribution in [2.24, 2.45) is 5.92 Å². The third-order valence-electron chi connectivity index (χ3n) is 5.40. The average molecular weight is 443 g/mol. The fraction of sp³-hybridized carbons (Fsp3) is 0.348. The molecule has 0 fully saturated rings. The fourth-order valence-electron chi connectivity index (χ4n) is 3.78. The number of benzene rings is 1. The molecule has 0 radical (unpaired) electrons. The van der Waals surface area contributed by atoms with E-state index in [2.05, 4.69) is 29.0 Å². The van der Waals surface area contributed by atoms with Gasteiger partial charge < -0.3 is 20.1 Å². The zero-order chi connectivity index (χ0) is 21.1. The number of hydrogen-bond donors (Lipinski definition) is 2. The van der Waals surface area contributed by atoms with Crippen LogP contribution in [0.4, 0.5) is 10.7 Å². The average Bonchev–Trinajstić information content (AvgIpc) is 3.39. The quantitative estimate of drug-likeness (QED) is 0.484. The molecule has 5 nitrogen and oxygen atoms in total. The summed E-state index contributed by atoms with van der Waals surface area (Å²) in [5.41, 5.74) is 2.60. The highest BCUT2D eigenvalue weighted by molar-refractivity contribution is 7.16. The summed E-state index contributed by atoms with van der Waals surface area (Å²) in [6.45, 7) is 3.00. The zero-order valence-corrected chi connectivity index (χ0v) is 19.0. The Labute approximate surface area is 185 Å². The van der Waals surface area contributed by atoms with Gasteiger partial charge in [0.2, 0.25) is 0 Å². The molecule has 1 unspecified atom stereocenters. The van der Waals surface area contributed by atoms with Gasteiger partial charge in [0.15, 0.2) is 0 Å². The summed E-state index contributed by atoms with van der Waals surface area (Å²) >= 11 is 3.44. The Morgan fingerprint density at radius 3 is 2.83 bits per heavy atom. The molecule has 30 heavy (non-hydrogen) atoms. The minimum absolute atomic E-state index is 0.0980. The monoisotopic (exact) mass is 442 g/mol. The third-order valence-corrected chi connectivity index (χ3v) is 7.49. The van der Waals surface area contributed by atoms with Gasteiger partial charge >= 0.3 is 0 Å². The number of thiophene rings is 2. The summed E-state index contributed by atoms with van der Waals surface area (Å²) < 4.78 is 10.7. The second kappa shape index (κ2) is 9.10. The Bertz CT molecular complexity index is 1030. The lowest BCUT2D eigenvalue weighted by Gasteiger charge is -2.19. The number of fused-ring (bicyclic) bond motifs is 1. The maximum atomic E-state index is 13.4. The van der Waals surface area contributed by atoms with E-state index in [0.717, 1.165) is 36.4 Å². The molecule has 1 aromatic carbocycles. The van der Waals surface area contributed by atoms with Crippen LogP contribution in [-0.2, 0) is 19.4 Å². The topological polar surface area (TPSA) is 59.6 Å². The highest BCUT2D eigenvalue weighted by Gasteiger charge is 2.28. The lowest BCUT2D eigenvalue weighted by atomic mass is 9.88. The molecule has 2 heterocycles. The molecule has 1 atom stereocenters. The molecule has 0 aliphatic heterocycles. The number of anilines is 2. The van der Waals surface area contributed by atoms with Gasteiger partial charge in [0, 0.05) is 15.8 Å². The molecule has 3 aromatic rings. The highest BCUT2D eigenvalue weighted by atomic mass is 32.1. The second-order valence-corrected chi connectivity index (χ2v) is 9.65. The highest BCUT2D eigenvalue weighted by Crippen LogP contribution is 2.41. The van der Waals surface area contributed by atoms with Crippen molar-refractivity contribution in [2.75, 3.05) is 24.9 Å². The number of amides is 1. The molecule has 0 spiro atoms. The van der Waals surface area contributed by atoms with E-state index in [9.17, 15) is 4.79 Å². The number of ether oxygens (including phenoxy) is 2. The van der Waals surface area contributed by atoms with Gasteiger partial charge in [-0.2, -0.15) is 0 Å². The molecule has 2 aromatic heterocycles. The SMILES string of the molecule is COc1ccc(NC(=O)c2c(NCc3cccs3)sc3c2CCC(C)C3)c(OC)c1. The number of carbonyl (C=O) groups is 1. The van der Waals surface area contributed by atoms with Crippen LogP contribution in [0.25, 0.3) is 0 Å². The Morgan fingerprint density at radius 1 is 1.23 bits per heavy atom. The van der Waals surface area contributed by atoms with E-state index in [-0.39, 0.29) is 5.91 Å². The molecule has 0 saturated carbocycles. The molecular weight excluding hydrogens is 416 g/mol. The van der Waals surface area contributed by atoms with E-state index in [1.807, 2.05) is 18.2 Å². The van der Waals surface area contributed by atoms with Crippen LogP contribution in [0.15, 0.2) is 35.7 Å². The van der Waals surface area contributed by atoms with Crippen molar-refractivity contribution in [1.29, 1.82) is 0 Å². The van der Waals surface area contributed by atoms with Crippen molar-refractivity contribution in [1.82, 2.24) is 0 Å². The Kier molecular flexibility index (Phi) is 6.29. The smallest absolute Gasteiger partial charge is 0.259 e. The summed E-state index contributed by atoms with van der Waals surface area (Å²) in [4.78, 5) is 16.0. The molecule has 158 valence electrons. The van der Waals surface area contributed by atoms with E-state index in [1.165, 1.54) is 15.3 Å². The molecule has 1 aliphatic rings. The van der Waals surface area contributed by atoms with Crippen LogP contribution >= 0.6 is 22.7 Å². The van der Waals surface area contributed by atoms with Crippen LogP contribution < -0.4 is 20.1 Å². The van der Waals surface area contributed by atoms with E-state index < -0.39 is 0 Å². The number of nitrogens with one attached hydrogen (secondary N) is 2. The van der Waals surface area contributed by atoms with Gasteiger partial charge in [-0.25, -0.2) is 0 Å². The standard InChI is InChI=1S/C23H26N2O3S2/c1-14-6-8-17-20(11-14)30-23(24-13-16-5-4-10-29-16)21(17)22(26)25-18-9-7-15(27-2)12-19(18)28-3/h4-5,7,9-10,12,14,24H,6,8,11,13H2,1-3H3,(H,25,26). The Balaban J connectivity index is 1.63. The van der Waals surface area contributed by atoms with Gasteiger partial charge in [0.05, 0.1) is 32.0 Å². The van der Waals surface area contributed by atoms with Crippen molar-refractivity contribution in [3.63, 3.8) is 0 Å². The van der Waals surface area contributed by atoms with Crippen LogP contribution in [0, 0.1) is 5.92 Å². The number of hydrogen-bond acceptors (Lipinski definition) is 6. The zero-order valence-electron chi connectivity index (χ0n) is 17.4. The van der Waals surface area contributed by atoms with Crippen LogP contribution in [0.2, 0.25) is 0 Å². The Hall–Kier alpha value is -2.51. The van der Waals surface area contributed by atoms with E-state index in [4.69, 9.17) is 9.47 Å². The molecule has 0 saturated heterocycles. The van der Waals surface area contributed by atoms with Crippen LogP contribution in [0.5, 0.6) is 11.5 Å². The largest absolute Gasteiger partial charge is 0.497 e. The van der Waals surface area contributed by atoms with E-state index >= 15 is 0 Å². The van der Waals surface area contributed by atoms with Crippen molar-refractivity contribution in [3.05, 3.63) is 56.6 Å². The maximum absolute atomic E-state index is 13.4. The summed E-state index contributed by atoms with van der Waals surface area (Å²) in [5.74, 6) is 1.82. The number of methoxy groups -OCH3 is 2. The number of carbonyl (C=O) groups excluding carboxylic acids is 1. The van der Waals surface area contributed by atoms with E-state index in [0.29, 0.717) is 23.1 Å². The lowest BCUT2D eigenvalue weighted by Crippen LogP contribution is -2.18. The molecule has 1 amide bonds. The molecule has 0 bridgehead atoms. The minimum atomic E-state index is -0.0980. The third kappa shape index (κ3) is 4.32. The maximum Gasteiger partial charge on any atom is 0.259 e. The van der Waals surface area contributed by atoms with Crippen molar-refractivity contribution in [2.45, 2.75) is 32.7 Å². The molecule has 2 N–H and O–H groups in total. The first-order valence-electron chi connectivity index (χ1n) is 10.0. The van der Waals surface area contributed by atoms with Gasteiger partial charge in [-0.1, -0.05) is 13.0 Å². The molecule has 7 heteroatoms. The van der Waals surface area contributed by atoms with Crippen LogP contribution in [0.3, 0.4) is 0 Å². The van der Waals surface area contributed by atoms with Crippen LogP contribution in [0.1, 0.15) is 39.0 Å². The summed E-state index contributed by atoms with van der Waals surface area (Å²) in [7, 11) is 3.20. The van der Waals surface area contributed by atoms with Gasteiger partial charge in [-0.15, -0.1) is 22.7 Å². The summed E-state index contributed by atoms with van der Waals surface area (Å²) in [6.07, 6.45) is 3.09. The molecule has 4 rings (SSSR count). The predicted molar refractivity (Wildman–Crippen MR) is 125 cm³/mol. The van der Waals surface area contributed by atoms with Crippen molar-refractivity contribution < 1.29 is 14.3 Å². The van der Waals surface area contributed by atoms with Gasteiger partial charge in [-0.05, 0) is 54.3 Å². The molecular formula is C23H26N2O3S2. The fourth-order valence-corrected chi connectivity index (χ4v) is 5.83. The minimum Gasteiger partial charge on any atom is -0.497 e. The van der Waals surface area contributed by atoms with Gasteiger partial charge in [-0.3, -0.25) is 4.79 Å².